The Bertz CT molecular complexity index is 813. The van der Waals surface area contributed by atoms with E-state index in [1.54, 1.807) is 31.5 Å². The molecule has 0 saturated heterocycles. The largest absolute Gasteiger partial charge is 0.496 e. The molecule has 0 radical (unpaired) electrons. The van der Waals surface area contributed by atoms with Crippen LogP contribution in [0.5, 0.6) is 17.2 Å². The molecule has 0 amide bonds. The van der Waals surface area contributed by atoms with Crippen molar-refractivity contribution in [2.45, 2.75) is 6.92 Å². The molecule has 0 saturated carbocycles. The van der Waals surface area contributed by atoms with E-state index in [1.165, 1.54) is 7.11 Å². The maximum Gasteiger partial charge on any atom is 0.337 e. The Morgan fingerprint density at radius 2 is 1.92 bits per heavy atom. The van der Waals surface area contributed by atoms with Gasteiger partial charge in [-0.15, -0.1) is 0 Å². The monoisotopic (exact) mass is 327 g/mol. The van der Waals surface area contributed by atoms with Gasteiger partial charge in [-0.25, -0.2) is 4.79 Å². The number of aliphatic imine (C=N–C) groups is 1. The van der Waals surface area contributed by atoms with Crippen LogP contribution >= 0.6 is 0 Å². The molecule has 2 aromatic carbocycles. The van der Waals surface area contributed by atoms with E-state index in [0.29, 0.717) is 28.5 Å². The molecule has 124 valence electrons. The lowest BCUT2D eigenvalue weighted by Crippen LogP contribution is -2.00. The average Bonchev–Trinajstić information content (AvgIpc) is 3.06. The summed E-state index contributed by atoms with van der Waals surface area (Å²) in [7, 11) is 2.93. The quantitative estimate of drug-likeness (QED) is 0.637. The molecule has 0 fully saturated rings. The molecule has 6 heteroatoms. The van der Waals surface area contributed by atoms with E-state index < -0.39 is 5.97 Å². The minimum absolute atomic E-state index is 0.194. The first-order chi connectivity index (χ1) is 11.6. The fraction of sp³-hybridized carbons (Fsp3) is 0.222. The van der Waals surface area contributed by atoms with Gasteiger partial charge in [-0.1, -0.05) is 6.07 Å². The third kappa shape index (κ3) is 3.03. The second-order valence-electron chi connectivity index (χ2n) is 5.20. The van der Waals surface area contributed by atoms with E-state index >= 15 is 0 Å². The summed E-state index contributed by atoms with van der Waals surface area (Å²) in [6.45, 7) is 2.12. The van der Waals surface area contributed by atoms with Crippen molar-refractivity contribution >= 4 is 17.9 Å². The van der Waals surface area contributed by atoms with Crippen LogP contribution in [0.25, 0.3) is 0 Å². The van der Waals surface area contributed by atoms with Gasteiger partial charge in [0.05, 0.1) is 25.5 Å². The van der Waals surface area contributed by atoms with Crippen LogP contribution < -0.4 is 14.2 Å². The van der Waals surface area contributed by atoms with Crippen LogP contribution in [-0.2, 0) is 4.74 Å². The molecule has 6 nitrogen and oxygen atoms in total. The number of fused-ring (bicyclic) bond motifs is 1. The molecule has 0 bridgehead atoms. The molecule has 1 heterocycles. The number of nitrogens with zero attached hydrogens (tertiary/aromatic N) is 1. The van der Waals surface area contributed by atoms with Gasteiger partial charge in [0.25, 0.3) is 0 Å². The van der Waals surface area contributed by atoms with Crippen LogP contribution in [0.1, 0.15) is 21.5 Å². The van der Waals surface area contributed by atoms with E-state index in [1.807, 2.05) is 19.1 Å². The van der Waals surface area contributed by atoms with Crippen molar-refractivity contribution in [1.29, 1.82) is 0 Å². The molecule has 0 spiro atoms. The zero-order valence-corrected chi connectivity index (χ0v) is 13.7. The number of carbonyl (C=O) groups is 1. The zero-order valence-electron chi connectivity index (χ0n) is 13.7. The predicted octanol–water partition coefficient (Wildman–Crippen LogP) is 3.27. The van der Waals surface area contributed by atoms with Gasteiger partial charge in [0.1, 0.15) is 5.75 Å². The third-order valence-corrected chi connectivity index (χ3v) is 3.70. The Morgan fingerprint density at radius 1 is 1.17 bits per heavy atom. The number of methoxy groups -OCH3 is 2. The van der Waals surface area contributed by atoms with Crippen LogP contribution in [0.15, 0.2) is 35.3 Å². The lowest BCUT2D eigenvalue weighted by atomic mass is 10.1. The van der Waals surface area contributed by atoms with Crippen LogP contribution in [-0.4, -0.2) is 33.2 Å². The molecule has 24 heavy (non-hydrogen) atoms. The summed E-state index contributed by atoms with van der Waals surface area (Å²) in [6, 6.07) is 8.81. The minimum atomic E-state index is -0.396. The molecule has 0 atom stereocenters. The molecule has 0 unspecified atom stereocenters. The van der Waals surface area contributed by atoms with Gasteiger partial charge in [0.2, 0.25) is 6.79 Å². The number of carbonyl (C=O) groups excluding carboxylic acids is 1. The minimum Gasteiger partial charge on any atom is -0.496 e. The second kappa shape index (κ2) is 6.62. The van der Waals surface area contributed by atoms with Crippen molar-refractivity contribution in [3.05, 3.63) is 47.0 Å². The molecular weight excluding hydrogens is 310 g/mol. The van der Waals surface area contributed by atoms with Crippen LogP contribution in [0.4, 0.5) is 5.69 Å². The summed E-state index contributed by atoms with van der Waals surface area (Å²) < 4.78 is 20.8. The highest BCUT2D eigenvalue weighted by Gasteiger charge is 2.17. The van der Waals surface area contributed by atoms with Crippen molar-refractivity contribution < 1.29 is 23.7 Å². The molecule has 1 aliphatic heterocycles. The van der Waals surface area contributed by atoms with Gasteiger partial charge in [-0.2, -0.15) is 0 Å². The second-order valence-corrected chi connectivity index (χ2v) is 5.20. The zero-order chi connectivity index (χ0) is 17.1. The Morgan fingerprint density at radius 3 is 2.62 bits per heavy atom. The summed E-state index contributed by atoms with van der Waals surface area (Å²) >= 11 is 0. The van der Waals surface area contributed by atoms with Crippen molar-refractivity contribution in [3.8, 4) is 17.2 Å². The number of benzene rings is 2. The van der Waals surface area contributed by atoms with Crippen molar-refractivity contribution in [2.75, 3.05) is 21.0 Å². The van der Waals surface area contributed by atoms with Crippen LogP contribution in [0.2, 0.25) is 0 Å². The van der Waals surface area contributed by atoms with Gasteiger partial charge in [0.15, 0.2) is 11.5 Å². The van der Waals surface area contributed by atoms with Gasteiger partial charge < -0.3 is 18.9 Å². The summed E-state index contributed by atoms with van der Waals surface area (Å²) in [6.07, 6.45) is 1.67. The number of rotatable bonds is 4. The molecule has 2 aromatic rings. The van der Waals surface area contributed by atoms with Crippen molar-refractivity contribution in [2.24, 2.45) is 4.99 Å². The number of ether oxygens (including phenoxy) is 4. The molecule has 1 aliphatic rings. The summed E-state index contributed by atoms with van der Waals surface area (Å²) in [5, 5.41) is 0. The highest BCUT2D eigenvalue weighted by molar-refractivity contribution is 5.92. The third-order valence-electron chi connectivity index (χ3n) is 3.70. The number of hydrogen-bond donors (Lipinski definition) is 0. The Balaban J connectivity index is 1.95. The van der Waals surface area contributed by atoms with E-state index in [2.05, 4.69) is 4.99 Å². The maximum atomic E-state index is 11.7. The van der Waals surface area contributed by atoms with Crippen LogP contribution in [0, 0.1) is 6.92 Å². The van der Waals surface area contributed by atoms with Gasteiger partial charge in [-0.3, -0.25) is 4.99 Å². The summed E-state index contributed by atoms with van der Waals surface area (Å²) in [4.78, 5) is 16.1. The van der Waals surface area contributed by atoms with Gasteiger partial charge >= 0.3 is 5.97 Å². The molecular formula is C18H17NO5. The van der Waals surface area contributed by atoms with E-state index in [0.717, 1.165) is 11.1 Å². The molecule has 0 aromatic heterocycles. The lowest BCUT2D eigenvalue weighted by molar-refractivity contribution is 0.0600. The standard InChI is InChI=1S/C18H17NO5/c1-11-4-5-12(18(20)22-3)6-14(11)19-9-13-7-16-17(24-10-23-16)8-15(13)21-2/h4-9H,10H2,1-3H3. The summed E-state index contributed by atoms with van der Waals surface area (Å²) in [5.74, 6) is 1.53. The molecule has 0 aliphatic carbocycles. The van der Waals surface area contributed by atoms with Gasteiger partial charge in [-0.05, 0) is 30.7 Å². The highest BCUT2D eigenvalue weighted by atomic mass is 16.7. The number of esters is 1. The Hall–Kier alpha value is -3.02. The fourth-order valence-corrected chi connectivity index (χ4v) is 2.35. The maximum absolute atomic E-state index is 11.7. The van der Waals surface area contributed by atoms with Crippen LogP contribution in [0.3, 0.4) is 0 Å². The highest BCUT2D eigenvalue weighted by Crippen LogP contribution is 2.37. The predicted molar refractivity (Wildman–Crippen MR) is 88.9 cm³/mol. The smallest absolute Gasteiger partial charge is 0.337 e. The topological polar surface area (TPSA) is 66.4 Å². The first-order valence-corrected chi connectivity index (χ1v) is 7.33. The van der Waals surface area contributed by atoms with E-state index in [4.69, 9.17) is 18.9 Å². The Labute approximate surface area is 139 Å². The summed E-state index contributed by atoms with van der Waals surface area (Å²) in [5.41, 5.74) is 2.83. The number of aryl methyl sites for hydroxylation is 1. The van der Waals surface area contributed by atoms with Gasteiger partial charge in [0, 0.05) is 17.8 Å². The molecule has 3 rings (SSSR count). The first-order valence-electron chi connectivity index (χ1n) is 7.33. The molecule has 0 N–H and O–H groups in total. The number of hydrogen-bond acceptors (Lipinski definition) is 6. The average molecular weight is 327 g/mol. The Kier molecular flexibility index (Phi) is 4.37. The first kappa shape index (κ1) is 15.9. The van der Waals surface area contributed by atoms with Crippen molar-refractivity contribution in [3.63, 3.8) is 0 Å². The normalized spacial score (nSPS) is 12.5. The van der Waals surface area contributed by atoms with Crippen molar-refractivity contribution in [1.82, 2.24) is 0 Å². The van der Waals surface area contributed by atoms with E-state index in [9.17, 15) is 4.79 Å². The van der Waals surface area contributed by atoms with E-state index in [-0.39, 0.29) is 6.79 Å². The lowest BCUT2D eigenvalue weighted by Gasteiger charge is -2.07. The SMILES string of the molecule is COC(=O)c1ccc(C)c(N=Cc2cc3c(cc2OC)OCO3)c1. The fourth-order valence-electron chi connectivity index (χ4n) is 2.35.